The minimum absolute atomic E-state index is 0.0510. The van der Waals surface area contributed by atoms with Crippen LogP contribution in [-0.2, 0) is 0 Å². The van der Waals surface area contributed by atoms with Crippen molar-refractivity contribution in [1.29, 1.82) is 0 Å². The summed E-state index contributed by atoms with van der Waals surface area (Å²) < 4.78 is 13.5. The van der Waals surface area contributed by atoms with E-state index in [0.717, 1.165) is 0 Å². The Labute approximate surface area is 119 Å². The zero-order valence-electron chi connectivity index (χ0n) is 10.9. The zero-order chi connectivity index (χ0) is 14.8. The first-order chi connectivity index (χ1) is 10.1. The van der Waals surface area contributed by atoms with Gasteiger partial charge in [0.1, 0.15) is 11.6 Å². The molecule has 3 N–H and O–H groups in total. The van der Waals surface area contributed by atoms with Gasteiger partial charge in [0.15, 0.2) is 5.65 Å². The number of pyridine rings is 2. The van der Waals surface area contributed by atoms with Crippen LogP contribution in [0.4, 0.5) is 15.9 Å². The van der Waals surface area contributed by atoms with Crippen molar-refractivity contribution in [1.82, 2.24) is 9.97 Å². The molecular weight excluding hydrogens is 271 g/mol. The first kappa shape index (κ1) is 13.0. The second kappa shape index (κ2) is 5.16. The van der Waals surface area contributed by atoms with Gasteiger partial charge in [-0.15, -0.1) is 0 Å². The Hall–Kier alpha value is -3.02. The molecule has 0 aliphatic carbocycles. The summed E-state index contributed by atoms with van der Waals surface area (Å²) in [5.74, 6) is -0.981. The maximum atomic E-state index is 13.5. The summed E-state index contributed by atoms with van der Waals surface area (Å²) in [6, 6.07) is 11.0. The van der Waals surface area contributed by atoms with E-state index >= 15 is 0 Å². The number of benzene rings is 1. The normalized spacial score (nSPS) is 10.5. The highest BCUT2D eigenvalue weighted by Gasteiger charge is 2.14. The van der Waals surface area contributed by atoms with E-state index in [1.165, 1.54) is 12.1 Å². The predicted octanol–water partition coefficient (Wildman–Crippen LogP) is 2.60. The third-order valence-electron chi connectivity index (χ3n) is 2.99. The highest BCUT2D eigenvalue weighted by Crippen LogP contribution is 2.19. The van der Waals surface area contributed by atoms with Crippen LogP contribution in [0.15, 0.2) is 48.7 Å². The summed E-state index contributed by atoms with van der Waals surface area (Å²) in [6.07, 6.45) is 1.59. The molecule has 5 nitrogen and oxygen atoms in total. The van der Waals surface area contributed by atoms with Crippen LogP contribution in [0.5, 0.6) is 0 Å². The largest absolute Gasteiger partial charge is 0.383 e. The van der Waals surface area contributed by atoms with Crippen molar-refractivity contribution in [2.45, 2.75) is 0 Å². The van der Waals surface area contributed by atoms with Crippen LogP contribution in [0.1, 0.15) is 10.4 Å². The molecule has 1 amide bonds. The van der Waals surface area contributed by atoms with Gasteiger partial charge in [0.2, 0.25) is 0 Å². The average Bonchev–Trinajstić information content (AvgIpc) is 2.49. The molecular formula is C15H11FN4O. The van der Waals surface area contributed by atoms with Crippen molar-refractivity contribution in [2.24, 2.45) is 0 Å². The first-order valence-electron chi connectivity index (χ1n) is 6.22. The molecule has 104 valence electrons. The lowest BCUT2D eigenvalue weighted by molar-refractivity contribution is 0.102. The molecule has 0 radical (unpaired) electrons. The van der Waals surface area contributed by atoms with Gasteiger partial charge in [-0.25, -0.2) is 14.4 Å². The van der Waals surface area contributed by atoms with E-state index < -0.39 is 11.7 Å². The number of carbonyl (C=O) groups excluding carboxylic acids is 1. The summed E-state index contributed by atoms with van der Waals surface area (Å²) in [5, 5.41) is 3.16. The summed E-state index contributed by atoms with van der Waals surface area (Å²) in [7, 11) is 0. The van der Waals surface area contributed by atoms with E-state index in [9.17, 15) is 9.18 Å². The fourth-order valence-corrected chi connectivity index (χ4v) is 1.95. The van der Waals surface area contributed by atoms with Gasteiger partial charge in [-0.1, -0.05) is 12.1 Å². The first-order valence-corrected chi connectivity index (χ1v) is 6.22. The molecule has 2 heterocycles. The van der Waals surface area contributed by atoms with E-state index in [2.05, 4.69) is 15.3 Å². The van der Waals surface area contributed by atoms with Crippen LogP contribution in [0.25, 0.3) is 11.0 Å². The number of halogens is 1. The van der Waals surface area contributed by atoms with Crippen LogP contribution >= 0.6 is 0 Å². The summed E-state index contributed by atoms with van der Waals surface area (Å²) in [4.78, 5) is 20.3. The average molecular weight is 282 g/mol. The van der Waals surface area contributed by atoms with Gasteiger partial charge in [0, 0.05) is 11.6 Å². The molecule has 0 atom stereocenters. The van der Waals surface area contributed by atoms with Crippen LogP contribution < -0.4 is 11.1 Å². The maximum absolute atomic E-state index is 13.5. The minimum atomic E-state index is -0.518. The van der Waals surface area contributed by atoms with Crippen molar-refractivity contribution in [3.05, 3.63) is 60.0 Å². The van der Waals surface area contributed by atoms with Crippen molar-refractivity contribution in [3.63, 3.8) is 0 Å². The van der Waals surface area contributed by atoms with Crippen LogP contribution in [0, 0.1) is 5.82 Å². The molecule has 0 bridgehead atoms. The van der Waals surface area contributed by atoms with Gasteiger partial charge in [-0.3, -0.25) is 4.79 Å². The Morgan fingerprint density at radius 3 is 2.81 bits per heavy atom. The van der Waals surface area contributed by atoms with E-state index in [1.54, 1.807) is 36.5 Å². The number of amides is 1. The summed E-state index contributed by atoms with van der Waals surface area (Å²) >= 11 is 0. The lowest BCUT2D eigenvalue weighted by Gasteiger charge is -2.08. The molecule has 0 saturated carbocycles. The quantitative estimate of drug-likeness (QED) is 0.757. The van der Waals surface area contributed by atoms with Crippen molar-refractivity contribution >= 4 is 28.4 Å². The molecule has 6 heteroatoms. The van der Waals surface area contributed by atoms with Gasteiger partial charge >= 0.3 is 0 Å². The van der Waals surface area contributed by atoms with E-state index in [4.69, 9.17) is 5.73 Å². The highest BCUT2D eigenvalue weighted by atomic mass is 19.1. The Kier molecular flexibility index (Phi) is 3.19. The van der Waals surface area contributed by atoms with Gasteiger partial charge < -0.3 is 11.1 Å². The standard InChI is InChI=1S/C15H11FN4O/c16-11-5-1-2-6-12(11)19-15(21)10-8-9-4-3-7-18-14(9)20-13(10)17/h1-8H,(H,19,21)(H2,17,18,20). The Balaban J connectivity index is 1.98. The molecule has 0 fully saturated rings. The molecule has 0 aliphatic rings. The van der Waals surface area contributed by atoms with Crippen molar-refractivity contribution in [2.75, 3.05) is 11.1 Å². The molecule has 3 rings (SSSR count). The Morgan fingerprint density at radius 2 is 2.00 bits per heavy atom. The number of nitrogens with one attached hydrogen (secondary N) is 1. The van der Waals surface area contributed by atoms with Crippen LogP contribution in [0.3, 0.4) is 0 Å². The molecule has 0 saturated heterocycles. The fraction of sp³-hybridized carbons (Fsp3) is 0. The van der Waals surface area contributed by atoms with Crippen LogP contribution in [0.2, 0.25) is 0 Å². The van der Waals surface area contributed by atoms with Gasteiger partial charge in [0.05, 0.1) is 11.3 Å². The summed E-state index contributed by atoms with van der Waals surface area (Å²) in [6.45, 7) is 0. The fourth-order valence-electron chi connectivity index (χ4n) is 1.95. The van der Waals surface area contributed by atoms with E-state index in [1.807, 2.05) is 0 Å². The molecule has 0 unspecified atom stereocenters. The zero-order valence-corrected chi connectivity index (χ0v) is 10.9. The molecule has 1 aromatic carbocycles. The number of aromatic nitrogens is 2. The molecule has 0 aliphatic heterocycles. The highest BCUT2D eigenvalue weighted by molar-refractivity contribution is 6.08. The lowest BCUT2D eigenvalue weighted by Crippen LogP contribution is -2.16. The third-order valence-corrected chi connectivity index (χ3v) is 2.99. The van der Waals surface area contributed by atoms with E-state index in [0.29, 0.717) is 11.0 Å². The van der Waals surface area contributed by atoms with E-state index in [-0.39, 0.29) is 17.1 Å². The third kappa shape index (κ3) is 2.51. The number of para-hydroxylation sites is 1. The SMILES string of the molecule is Nc1nc2ncccc2cc1C(=O)Nc1ccccc1F. The molecule has 2 aromatic heterocycles. The maximum Gasteiger partial charge on any atom is 0.259 e. The number of hydrogen-bond acceptors (Lipinski definition) is 4. The van der Waals surface area contributed by atoms with Crippen LogP contribution in [-0.4, -0.2) is 15.9 Å². The smallest absolute Gasteiger partial charge is 0.259 e. The molecule has 21 heavy (non-hydrogen) atoms. The van der Waals surface area contributed by atoms with Gasteiger partial charge in [-0.2, -0.15) is 0 Å². The van der Waals surface area contributed by atoms with Crippen molar-refractivity contribution in [3.8, 4) is 0 Å². The second-order valence-corrected chi connectivity index (χ2v) is 4.41. The number of fused-ring (bicyclic) bond motifs is 1. The summed E-state index contributed by atoms with van der Waals surface area (Å²) in [5.41, 5.74) is 6.50. The molecule has 0 spiro atoms. The topological polar surface area (TPSA) is 80.9 Å². The number of nitrogen functional groups attached to an aromatic ring is 1. The lowest BCUT2D eigenvalue weighted by atomic mass is 10.1. The number of rotatable bonds is 2. The Morgan fingerprint density at radius 1 is 1.19 bits per heavy atom. The molecule has 3 aromatic rings. The van der Waals surface area contributed by atoms with Gasteiger partial charge in [0.25, 0.3) is 5.91 Å². The van der Waals surface area contributed by atoms with Crippen molar-refractivity contribution < 1.29 is 9.18 Å². The number of nitrogens with zero attached hydrogens (tertiary/aromatic N) is 2. The number of hydrogen-bond donors (Lipinski definition) is 2. The van der Waals surface area contributed by atoms with Gasteiger partial charge in [-0.05, 0) is 30.3 Å². The number of nitrogens with two attached hydrogens (primary N) is 1. The Bertz CT molecular complexity index is 835. The minimum Gasteiger partial charge on any atom is -0.383 e. The second-order valence-electron chi connectivity index (χ2n) is 4.41. The number of anilines is 2. The number of carbonyl (C=O) groups is 1. The monoisotopic (exact) mass is 282 g/mol. The predicted molar refractivity (Wildman–Crippen MR) is 78.3 cm³/mol.